The number of anilines is 1. The lowest BCUT2D eigenvalue weighted by Gasteiger charge is -2.13. The molecule has 1 amide bonds. The lowest BCUT2D eigenvalue weighted by Crippen LogP contribution is -2.27. The van der Waals surface area contributed by atoms with Crippen LogP contribution in [0.25, 0.3) is 0 Å². The number of nitrogens with one attached hydrogen (secondary N) is 2. The summed E-state index contributed by atoms with van der Waals surface area (Å²) < 4.78 is 33.0. The highest BCUT2D eigenvalue weighted by atomic mass is 32.2. The summed E-state index contributed by atoms with van der Waals surface area (Å²) in [7, 11) is -3.80. The molecule has 0 aliphatic heterocycles. The molecule has 2 aromatic rings. The van der Waals surface area contributed by atoms with Gasteiger partial charge in [-0.3, -0.25) is 9.52 Å². The quantitative estimate of drug-likeness (QED) is 0.795. The molecule has 6 nitrogen and oxygen atoms in total. The van der Waals surface area contributed by atoms with Gasteiger partial charge >= 0.3 is 0 Å². The van der Waals surface area contributed by atoms with Gasteiger partial charge in [-0.05, 0) is 56.2 Å². The second-order valence-electron chi connectivity index (χ2n) is 5.80. The maximum Gasteiger partial charge on any atom is 0.261 e. The van der Waals surface area contributed by atoms with Crippen molar-refractivity contribution in [3.05, 3.63) is 54.1 Å². The molecule has 0 heterocycles. The van der Waals surface area contributed by atoms with E-state index in [9.17, 15) is 13.2 Å². The van der Waals surface area contributed by atoms with Gasteiger partial charge in [-0.25, -0.2) is 8.42 Å². The molecular formula is C18H20N2O4S. The molecule has 0 atom stereocenters. The molecule has 25 heavy (non-hydrogen) atoms. The Hall–Kier alpha value is -2.54. The molecule has 3 rings (SSSR count). The molecule has 2 aromatic carbocycles. The van der Waals surface area contributed by atoms with Crippen molar-refractivity contribution >= 4 is 21.6 Å². The monoisotopic (exact) mass is 360 g/mol. The predicted molar refractivity (Wildman–Crippen MR) is 95.3 cm³/mol. The van der Waals surface area contributed by atoms with Crippen molar-refractivity contribution in [1.82, 2.24) is 5.32 Å². The van der Waals surface area contributed by atoms with Gasteiger partial charge in [-0.1, -0.05) is 12.1 Å². The normalized spacial score (nSPS) is 14.0. The van der Waals surface area contributed by atoms with Gasteiger partial charge in [0, 0.05) is 6.04 Å². The number of hydrogen-bond donors (Lipinski definition) is 2. The van der Waals surface area contributed by atoms with Gasteiger partial charge in [0.1, 0.15) is 5.75 Å². The van der Waals surface area contributed by atoms with E-state index in [1.165, 1.54) is 12.1 Å². The Morgan fingerprint density at radius 3 is 2.44 bits per heavy atom. The molecule has 0 saturated heterocycles. The zero-order valence-corrected chi connectivity index (χ0v) is 14.7. The van der Waals surface area contributed by atoms with E-state index >= 15 is 0 Å². The van der Waals surface area contributed by atoms with E-state index in [1.54, 1.807) is 36.4 Å². The van der Waals surface area contributed by atoms with Crippen LogP contribution in [0.15, 0.2) is 53.4 Å². The highest BCUT2D eigenvalue weighted by Crippen LogP contribution is 2.24. The highest BCUT2D eigenvalue weighted by Gasteiger charge is 2.25. The van der Waals surface area contributed by atoms with Gasteiger partial charge in [-0.2, -0.15) is 0 Å². The van der Waals surface area contributed by atoms with Crippen LogP contribution in [0.3, 0.4) is 0 Å². The fraction of sp³-hybridized carbons (Fsp3) is 0.278. The molecule has 7 heteroatoms. The summed E-state index contributed by atoms with van der Waals surface area (Å²) in [6, 6.07) is 12.9. The van der Waals surface area contributed by atoms with E-state index < -0.39 is 10.0 Å². The maximum atomic E-state index is 12.6. The van der Waals surface area contributed by atoms with Crippen LogP contribution in [0.5, 0.6) is 5.75 Å². The molecule has 0 radical (unpaired) electrons. The van der Waals surface area contributed by atoms with E-state index in [1.807, 2.05) is 6.92 Å². The Bertz CT molecular complexity index is 859. The van der Waals surface area contributed by atoms with Crippen molar-refractivity contribution in [2.24, 2.45) is 0 Å². The molecule has 1 saturated carbocycles. The predicted octanol–water partition coefficient (Wildman–Crippen LogP) is 2.78. The lowest BCUT2D eigenvalue weighted by atomic mass is 10.1. The number of rotatable bonds is 7. The Morgan fingerprint density at radius 2 is 1.80 bits per heavy atom. The second-order valence-corrected chi connectivity index (χ2v) is 7.49. The van der Waals surface area contributed by atoms with Gasteiger partial charge in [0.2, 0.25) is 0 Å². The van der Waals surface area contributed by atoms with Crippen molar-refractivity contribution in [1.29, 1.82) is 0 Å². The number of sulfonamides is 1. The third-order valence-corrected chi connectivity index (χ3v) is 5.16. The van der Waals surface area contributed by atoms with Gasteiger partial charge in [-0.15, -0.1) is 0 Å². The second kappa shape index (κ2) is 7.14. The van der Waals surface area contributed by atoms with Crippen LogP contribution < -0.4 is 14.8 Å². The van der Waals surface area contributed by atoms with Crippen LogP contribution in [0.2, 0.25) is 0 Å². The molecule has 0 unspecified atom stereocenters. The minimum Gasteiger partial charge on any atom is -0.494 e. The van der Waals surface area contributed by atoms with Crippen LogP contribution in [0.4, 0.5) is 5.69 Å². The number of para-hydroxylation sites is 1. The zero-order chi connectivity index (χ0) is 17.9. The highest BCUT2D eigenvalue weighted by molar-refractivity contribution is 7.92. The number of amides is 1. The minimum absolute atomic E-state index is 0.105. The maximum absolute atomic E-state index is 12.6. The number of carbonyl (C=O) groups excluding carboxylic acids is 1. The van der Waals surface area contributed by atoms with Crippen molar-refractivity contribution in [2.75, 3.05) is 11.3 Å². The van der Waals surface area contributed by atoms with Gasteiger partial charge < -0.3 is 10.1 Å². The minimum atomic E-state index is -3.80. The summed E-state index contributed by atoms with van der Waals surface area (Å²) in [4.78, 5) is 12.4. The molecule has 2 N–H and O–H groups in total. The van der Waals surface area contributed by atoms with E-state index in [-0.39, 0.29) is 22.5 Å². The lowest BCUT2D eigenvalue weighted by molar-refractivity contribution is 0.0952. The SMILES string of the molecule is CCOc1ccc(S(=O)(=O)Nc2ccccc2C(=O)NC2CC2)cc1. The number of ether oxygens (including phenoxy) is 1. The Balaban J connectivity index is 1.81. The molecular weight excluding hydrogens is 340 g/mol. The Kier molecular flexibility index (Phi) is 4.94. The average molecular weight is 360 g/mol. The first-order valence-electron chi connectivity index (χ1n) is 8.15. The first-order chi connectivity index (χ1) is 12.0. The Morgan fingerprint density at radius 1 is 1.12 bits per heavy atom. The van der Waals surface area contributed by atoms with Crippen molar-refractivity contribution in [2.45, 2.75) is 30.7 Å². The fourth-order valence-electron chi connectivity index (χ4n) is 2.35. The zero-order valence-electron chi connectivity index (χ0n) is 13.9. The van der Waals surface area contributed by atoms with E-state index in [0.29, 0.717) is 17.9 Å². The molecule has 0 aromatic heterocycles. The molecule has 1 aliphatic carbocycles. The van der Waals surface area contributed by atoms with E-state index in [2.05, 4.69) is 10.0 Å². The van der Waals surface area contributed by atoms with Crippen LogP contribution in [0.1, 0.15) is 30.1 Å². The van der Waals surface area contributed by atoms with E-state index in [4.69, 9.17) is 4.74 Å². The van der Waals surface area contributed by atoms with Crippen LogP contribution in [-0.4, -0.2) is 27.0 Å². The topological polar surface area (TPSA) is 84.5 Å². The molecule has 132 valence electrons. The summed E-state index contributed by atoms with van der Waals surface area (Å²) in [5, 5.41) is 2.87. The smallest absolute Gasteiger partial charge is 0.261 e. The third-order valence-electron chi connectivity index (χ3n) is 3.77. The summed E-state index contributed by atoms with van der Waals surface area (Å²) in [6.07, 6.45) is 1.93. The Labute approximate surface area is 147 Å². The van der Waals surface area contributed by atoms with Gasteiger partial charge in [0.25, 0.3) is 15.9 Å². The van der Waals surface area contributed by atoms with Gasteiger partial charge in [0.15, 0.2) is 0 Å². The molecule has 0 bridgehead atoms. The van der Waals surface area contributed by atoms with E-state index in [0.717, 1.165) is 12.8 Å². The number of hydrogen-bond acceptors (Lipinski definition) is 4. The molecule has 0 spiro atoms. The number of benzene rings is 2. The average Bonchev–Trinajstić information content (AvgIpc) is 3.40. The first kappa shape index (κ1) is 17.3. The van der Waals surface area contributed by atoms with Crippen molar-refractivity contribution in [3.8, 4) is 5.75 Å². The van der Waals surface area contributed by atoms with Crippen LogP contribution in [-0.2, 0) is 10.0 Å². The molecule has 1 aliphatic rings. The summed E-state index contributed by atoms with van der Waals surface area (Å²) in [5.41, 5.74) is 0.568. The standard InChI is InChI=1S/C18H20N2O4S/c1-2-24-14-9-11-15(12-10-14)25(22,23)20-17-6-4-3-5-16(17)18(21)19-13-7-8-13/h3-6,9-13,20H,2,7-8H2,1H3,(H,19,21). The van der Waals surface area contributed by atoms with Crippen LogP contribution >= 0.6 is 0 Å². The molecule has 1 fully saturated rings. The summed E-state index contributed by atoms with van der Waals surface area (Å²) in [5.74, 6) is 0.332. The van der Waals surface area contributed by atoms with Crippen LogP contribution in [0, 0.1) is 0 Å². The fourth-order valence-corrected chi connectivity index (χ4v) is 3.43. The summed E-state index contributed by atoms with van der Waals surface area (Å²) >= 11 is 0. The number of carbonyl (C=O) groups is 1. The summed E-state index contributed by atoms with van der Waals surface area (Å²) in [6.45, 7) is 2.36. The van der Waals surface area contributed by atoms with Crippen molar-refractivity contribution in [3.63, 3.8) is 0 Å². The first-order valence-corrected chi connectivity index (χ1v) is 9.63. The largest absolute Gasteiger partial charge is 0.494 e. The van der Waals surface area contributed by atoms with Gasteiger partial charge in [0.05, 0.1) is 22.8 Å². The van der Waals surface area contributed by atoms with Crippen molar-refractivity contribution < 1.29 is 17.9 Å². The third kappa shape index (κ3) is 4.30.